The second-order valence-electron chi connectivity index (χ2n) is 3.30. The highest BCUT2D eigenvalue weighted by Crippen LogP contribution is 2.29. The molecule has 0 aliphatic heterocycles. The largest absolute Gasteiger partial charge is 0.416 e. The molecule has 0 heterocycles. The first-order chi connectivity index (χ1) is 7.47. The molecule has 1 rings (SSSR count). The normalized spacial score (nSPS) is 12.9. The van der Waals surface area contributed by atoms with Crippen LogP contribution in [-0.4, -0.2) is 11.7 Å². The van der Waals surface area contributed by atoms with Crippen LogP contribution < -0.4 is 0 Å². The Bertz CT molecular complexity index is 365. The van der Waals surface area contributed by atoms with Gasteiger partial charge in [0.25, 0.3) is 0 Å². The molecule has 1 aromatic carbocycles. The zero-order chi connectivity index (χ0) is 12.2. The second kappa shape index (κ2) is 5.12. The fraction of sp³-hybridized carbons (Fsp3) is 0.273. The Balaban J connectivity index is 2.80. The van der Waals surface area contributed by atoms with Gasteiger partial charge in [0.2, 0.25) is 0 Å². The van der Waals surface area contributed by atoms with Gasteiger partial charge in [-0.25, -0.2) is 4.39 Å². The summed E-state index contributed by atoms with van der Waals surface area (Å²) in [6.45, 7) is -0.447. The number of rotatable bonds is 3. The molecule has 0 fully saturated rings. The zero-order valence-electron chi connectivity index (χ0n) is 8.26. The van der Waals surface area contributed by atoms with Gasteiger partial charge in [-0.1, -0.05) is 12.1 Å². The Kier molecular flexibility index (Phi) is 4.06. The minimum Gasteiger partial charge on any atom is -0.392 e. The third-order valence-electron chi connectivity index (χ3n) is 2.07. The van der Waals surface area contributed by atoms with Crippen molar-refractivity contribution in [2.75, 3.05) is 6.61 Å². The Morgan fingerprint density at radius 1 is 1.19 bits per heavy atom. The van der Waals surface area contributed by atoms with E-state index in [0.29, 0.717) is 5.56 Å². The lowest BCUT2D eigenvalue weighted by Crippen LogP contribution is -2.04. The molecule has 88 valence electrons. The van der Waals surface area contributed by atoms with E-state index >= 15 is 0 Å². The van der Waals surface area contributed by atoms with E-state index in [-0.39, 0.29) is 18.3 Å². The van der Waals surface area contributed by atoms with Gasteiger partial charge in [-0.15, -0.1) is 0 Å². The maximum Gasteiger partial charge on any atom is 0.416 e. The van der Waals surface area contributed by atoms with Gasteiger partial charge in [-0.3, -0.25) is 0 Å². The van der Waals surface area contributed by atoms with Crippen LogP contribution in [0.5, 0.6) is 0 Å². The molecule has 0 radical (unpaired) electrons. The van der Waals surface area contributed by atoms with E-state index in [4.69, 9.17) is 5.11 Å². The number of hydrogen-bond donors (Lipinski definition) is 1. The SMILES string of the molecule is OCC(=CF)Cc1ccc(C(F)(F)F)cc1. The van der Waals surface area contributed by atoms with Crippen molar-refractivity contribution >= 4 is 0 Å². The molecular weight excluding hydrogens is 224 g/mol. The third kappa shape index (κ3) is 3.34. The molecule has 0 aliphatic carbocycles. The minimum absolute atomic E-state index is 0.102. The van der Waals surface area contributed by atoms with E-state index < -0.39 is 18.3 Å². The quantitative estimate of drug-likeness (QED) is 0.797. The second-order valence-corrected chi connectivity index (χ2v) is 3.30. The van der Waals surface area contributed by atoms with Crippen LogP contribution in [0.2, 0.25) is 0 Å². The van der Waals surface area contributed by atoms with Crippen molar-refractivity contribution in [3.8, 4) is 0 Å². The summed E-state index contributed by atoms with van der Waals surface area (Å²) in [5, 5.41) is 8.68. The summed E-state index contributed by atoms with van der Waals surface area (Å²) in [6, 6.07) is 4.40. The fourth-order valence-electron chi connectivity index (χ4n) is 1.20. The average Bonchev–Trinajstić information content (AvgIpc) is 2.25. The summed E-state index contributed by atoms with van der Waals surface area (Å²) < 4.78 is 48.7. The molecule has 0 aliphatic rings. The van der Waals surface area contributed by atoms with Gasteiger partial charge in [-0.05, 0) is 29.7 Å². The standard InChI is InChI=1S/C11H10F4O/c12-6-9(7-16)5-8-1-3-10(4-2-8)11(13,14)15/h1-4,6,16H,5,7H2. The Labute approximate surface area is 90.0 Å². The topological polar surface area (TPSA) is 20.2 Å². The maximum atomic E-state index is 12.2. The molecular formula is C11H10F4O. The van der Waals surface area contributed by atoms with Crippen LogP contribution in [0, 0.1) is 0 Å². The van der Waals surface area contributed by atoms with Crippen LogP contribution in [-0.2, 0) is 12.6 Å². The fourth-order valence-corrected chi connectivity index (χ4v) is 1.20. The molecule has 1 nitrogen and oxygen atoms in total. The van der Waals surface area contributed by atoms with E-state index in [1.165, 1.54) is 12.1 Å². The highest BCUT2D eigenvalue weighted by Gasteiger charge is 2.29. The number of aliphatic hydroxyl groups is 1. The van der Waals surface area contributed by atoms with Crippen molar-refractivity contribution in [1.29, 1.82) is 0 Å². The molecule has 1 N–H and O–H groups in total. The number of aliphatic hydroxyl groups excluding tert-OH is 1. The third-order valence-corrected chi connectivity index (χ3v) is 2.07. The lowest BCUT2D eigenvalue weighted by molar-refractivity contribution is -0.137. The van der Waals surface area contributed by atoms with Crippen LogP contribution in [0.15, 0.2) is 36.2 Å². The van der Waals surface area contributed by atoms with E-state index in [9.17, 15) is 17.6 Å². The first kappa shape index (κ1) is 12.7. The highest BCUT2D eigenvalue weighted by atomic mass is 19.4. The van der Waals surface area contributed by atoms with Crippen LogP contribution in [0.4, 0.5) is 17.6 Å². The highest BCUT2D eigenvalue weighted by molar-refractivity contribution is 5.27. The molecule has 0 unspecified atom stereocenters. The van der Waals surface area contributed by atoms with Gasteiger partial charge >= 0.3 is 6.18 Å². The number of benzene rings is 1. The lowest BCUT2D eigenvalue weighted by atomic mass is 10.0. The summed E-state index contributed by atoms with van der Waals surface area (Å²) in [7, 11) is 0. The van der Waals surface area contributed by atoms with Crippen molar-refractivity contribution < 1.29 is 22.7 Å². The molecule has 0 aromatic heterocycles. The van der Waals surface area contributed by atoms with Crippen molar-refractivity contribution in [3.05, 3.63) is 47.3 Å². The molecule has 0 bridgehead atoms. The van der Waals surface area contributed by atoms with Crippen LogP contribution in [0.3, 0.4) is 0 Å². The molecule has 0 saturated heterocycles. The Hall–Kier alpha value is -1.36. The minimum atomic E-state index is -4.37. The molecule has 0 spiro atoms. The smallest absolute Gasteiger partial charge is 0.392 e. The van der Waals surface area contributed by atoms with Gasteiger partial charge in [0.1, 0.15) is 0 Å². The van der Waals surface area contributed by atoms with Crippen molar-refractivity contribution in [1.82, 2.24) is 0 Å². The van der Waals surface area contributed by atoms with Crippen LogP contribution in [0.25, 0.3) is 0 Å². The molecule has 1 aromatic rings. The number of halogens is 4. The maximum absolute atomic E-state index is 12.2. The summed E-state index contributed by atoms with van der Waals surface area (Å²) in [4.78, 5) is 0. The Morgan fingerprint density at radius 3 is 2.12 bits per heavy atom. The molecule has 5 heteroatoms. The average molecular weight is 234 g/mol. The van der Waals surface area contributed by atoms with Crippen molar-refractivity contribution in [2.45, 2.75) is 12.6 Å². The van der Waals surface area contributed by atoms with Gasteiger partial charge in [0, 0.05) is 0 Å². The number of alkyl halides is 3. The monoisotopic (exact) mass is 234 g/mol. The first-order valence-electron chi connectivity index (χ1n) is 4.52. The molecule has 0 atom stereocenters. The first-order valence-corrected chi connectivity index (χ1v) is 4.52. The van der Waals surface area contributed by atoms with E-state index in [1.807, 2.05) is 0 Å². The summed E-state index contributed by atoms with van der Waals surface area (Å²) in [5.74, 6) is 0. The van der Waals surface area contributed by atoms with Gasteiger partial charge in [-0.2, -0.15) is 13.2 Å². The van der Waals surface area contributed by atoms with Gasteiger partial charge in [0.15, 0.2) is 0 Å². The summed E-state index contributed by atoms with van der Waals surface area (Å²) >= 11 is 0. The van der Waals surface area contributed by atoms with E-state index in [0.717, 1.165) is 12.1 Å². The predicted octanol–water partition coefficient (Wildman–Crippen LogP) is 3.09. The van der Waals surface area contributed by atoms with Gasteiger partial charge in [0.05, 0.1) is 18.5 Å². The summed E-state index contributed by atoms with van der Waals surface area (Å²) in [6.07, 6.45) is -4.00. The lowest BCUT2D eigenvalue weighted by Gasteiger charge is -2.07. The molecule has 0 saturated carbocycles. The summed E-state index contributed by atoms with van der Waals surface area (Å²) in [5.41, 5.74) is -0.100. The Morgan fingerprint density at radius 2 is 1.75 bits per heavy atom. The zero-order valence-corrected chi connectivity index (χ0v) is 8.26. The molecule has 16 heavy (non-hydrogen) atoms. The van der Waals surface area contributed by atoms with Crippen LogP contribution >= 0.6 is 0 Å². The van der Waals surface area contributed by atoms with Gasteiger partial charge < -0.3 is 5.11 Å². The van der Waals surface area contributed by atoms with E-state index in [2.05, 4.69) is 0 Å². The van der Waals surface area contributed by atoms with E-state index in [1.54, 1.807) is 0 Å². The van der Waals surface area contributed by atoms with Crippen molar-refractivity contribution in [3.63, 3.8) is 0 Å². The molecule has 0 amide bonds. The van der Waals surface area contributed by atoms with Crippen LogP contribution in [0.1, 0.15) is 11.1 Å². The predicted molar refractivity (Wildman–Crippen MR) is 51.4 cm³/mol. The van der Waals surface area contributed by atoms with Crippen molar-refractivity contribution in [2.24, 2.45) is 0 Å². The number of hydrogen-bond acceptors (Lipinski definition) is 1.